The largest absolute Gasteiger partial charge is 0.495 e. The number of nitrogens with one attached hydrogen (secondary N) is 1. The van der Waals surface area contributed by atoms with Gasteiger partial charge >= 0.3 is 0 Å². The summed E-state index contributed by atoms with van der Waals surface area (Å²) < 4.78 is 5.28. The fourth-order valence-electron chi connectivity index (χ4n) is 3.27. The molecule has 0 aliphatic heterocycles. The van der Waals surface area contributed by atoms with E-state index >= 15 is 0 Å². The quantitative estimate of drug-likeness (QED) is 0.471. The Balaban J connectivity index is 1.54. The SMILES string of the molecule is COc1ccc(Cl)cc1NC(=O)CSc1nc(C)nc2sc3c(c12)CCC3. The number of benzene rings is 1. The summed E-state index contributed by atoms with van der Waals surface area (Å²) in [6, 6.07) is 5.14. The minimum atomic E-state index is -0.128. The number of aromatic nitrogens is 2. The zero-order chi connectivity index (χ0) is 19.0. The summed E-state index contributed by atoms with van der Waals surface area (Å²) in [4.78, 5) is 24.1. The molecule has 0 radical (unpaired) electrons. The molecule has 1 N–H and O–H groups in total. The first-order valence-electron chi connectivity index (χ1n) is 8.60. The Bertz CT molecular complexity index is 1040. The second-order valence-corrected chi connectivity index (χ2v) is 8.78. The number of thioether (sulfide) groups is 1. The van der Waals surface area contributed by atoms with Crippen LogP contribution in [0, 0.1) is 6.92 Å². The average molecular weight is 420 g/mol. The van der Waals surface area contributed by atoms with E-state index in [0.29, 0.717) is 16.5 Å². The molecule has 0 saturated carbocycles. The standard InChI is InChI=1S/C19H18ClN3O2S2/c1-10-21-18(17-12-4-3-5-15(12)27-19(17)22-10)26-9-16(24)23-13-8-11(20)6-7-14(13)25-2/h6-8H,3-5,9H2,1-2H3,(H,23,24). The number of anilines is 1. The van der Waals surface area contributed by atoms with Crippen molar-refractivity contribution in [2.24, 2.45) is 0 Å². The molecule has 2 aromatic heterocycles. The van der Waals surface area contributed by atoms with E-state index < -0.39 is 0 Å². The maximum absolute atomic E-state index is 12.5. The molecule has 140 valence electrons. The van der Waals surface area contributed by atoms with Gasteiger partial charge in [-0.15, -0.1) is 11.3 Å². The van der Waals surface area contributed by atoms with E-state index in [1.54, 1.807) is 36.6 Å². The molecule has 1 aliphatic rings. The lowest BCUT2D eigenvalue weighted by atomic mass is 10.2. The number of nitrogens with zero attached hydrogens (tertiary/aromatic N) is 2. The number of thiophene rings is 1. The van der Waals surface area contributed by atoms with Gasteiger partial charge in [-0.2, -0.15) is 0 Å². The number of carbonyl (C=O) groups excluding carboxylic acids is 1. The molecule has 0 saturated heterocycles. The van der Waals surface area contributed by atoms with Gasteiger partial charge in [-0.3, -0.25) is 4.79 Å². The van der Waals surface area contributed by atoms with Gasteiger partial charge in [-0.1, -0.05) is 23.4 Å². The van der Waals surface area contributed by atoms with Crippen LogP contribution in [0.1, 0.15) is 22.7 Å². The van der Waals surface area contributed by atoms with Crippen molar-refractivity contribution < 1.29 is 9.53 Å². The van der Waals surface area contributed by atoms with Gasteiger partial charge in [0.2, 0.25) is 5.91 Å². The van der Waals surface area contributed by atoms with Crippen molar-refractivity contribution in [2.45, 2.75) is 31.2 Å². The van der Waals surface area contributed by atoms with Crippen LogP contribution in [-0.2, 0) is 17.6 Å². The fraction of sp³-hybridized carbons (Fsp3) is 0.316. The molecule has 1 aromatic carbocycles. The van der Waals surface area contributed by atoms with Gasteiger partial charge in [0.1, 0.15) is 21.4 Å². The Kier molecular flexibility index (Phi) is 5.25. The summed E-state index contributed by atoms with van der Waals surface area (Å²) in [5.74, 6) is 1.44. The fourth-order valence-corrected chi connectivity index (χ4v) is 5.71. The lowest BCUT2D eigenvalue weighted by Gasteiger charge is -2.11. The summed E-state index contributed by atoms with van der Waals surface area (Å²) in [7, 11) is 1.56. The predicted octanol–water partition coefficient (Wildman–Crippen LogP) is 4.88. The van der Waals surface area contributed by atoms with E-state index in [0.717, 1.165) is 33.9 Å². The van der Waals surface area contributed by atoms with Crippen molar-refractivity contribution in [1.29, 1.82) is 0 Å². The van der Waals surface area contributed by atoms with E-state index in [1.165, 1.54) is 28.6 Å². The number of aryl methyl sites for hydroxylation is 3. The minimum absolute atomic E-state index is 0.128. The average Bonchev–Trinajstić information content (AvgIpc) is 3.20. The van der Waals surface area contributed by atoms with Crippen molar-refractivity contribution in [3.05, 3.63) is 39.5 Å². The highest BCUT2D eigenvalue weighted by atomic mass is 35.5. The van der Waals surface area contributed by atoms with Gasteiger partial charge in [0.25, 0.3) is 0 Å². The summed E-state index contributed by atoms with van der Waals surface area (Å²) >= 11 is 9.24. The van der Waals surface area contributed by atoms with Crippen molar-refractivity contribution in [2.75, 3.05) is 18.2 Å². The zero-order valence-corrected chi connectivity index (χ0v) is 17.4. The van der Waals surface area contributed by atoms with Gasteiger partial charge in [-0.25, -0.2) is 9.97 Å². The molecule has 3 aromatic rings. The van der Waals surface area contributed by atoms with E-state index in [1.807, 2.05) is 6.92 Å². The number of carbonyl (C=O) groups is 1. The van der Waals surface area contributed by atoms with Crippen molar-refractivity contribution in [3.8, 4) is 5.75 Å². The Morgan fingerprint density at radius 2 is 2.22 bits per heavy atom. The zero-order valence-electron chi connectivity index (χ0n) is 15.0. The molecular formula is C19H18ClN3O2S2. The van der Waals surface area contributed by atoms with Crippen LogP contribution < -0.4 is 10.1 Å². The highest BCUT2D eigenvalue weighted by molar-refractivity contribution is 8.00. The van der Waals surface area contributed by atoms with Gasteiger partial charge in [0.15, 0.2) is 0 Å². The topological polar surface area (TPSA) is 64.1 Å². The highest BCUT2D eigenvalue weighted by Crippen LogP contribution is 2.40. The third kappa shape index (κ3) is 3.77. The van der Waals surface area contributed by atoms with Crippen LogP contribution in [0.5, 0.6) is 5.75 Å². The molecule has 0 bridgehead atoms. The van der Waals surface area contributed by atoms with Crippen LogP contribution in [0.15, 0.2) is 23.2 Å². The second kappa shape index (κ2) is 7.66. The molecule has 0 unspecified atom stereocenters. The van der Waals surface area contributed by atoms with Gasteiger partial charge in [0, 0.05) is 15.3 Å². The van der Waals surface area contributed by atoms with Crippen LogP contribution in [0.3, 0.4) is 0 Å². The molecule has 0 spiro atoms. The number of amides is 1. The van der Waals surface area contributed by atoms with Crippen LogP contribution >= 0.6 is 34.7 Å². The summed E-state index contributed by atoms with van der Waals surface area (Å²) in [6.07, 6.45) is 3.37. The first kappa shape index (κ1) is 18.5. The number of methoxy groups -OCH3 is 1. The Morgan fingerprint density at radius 3 is 3.04 bits per heavy atom. The summed E-state index contributed by atoms with van der Waals surface area (Å²) in [6.45, 7) is 1.89. The summed E-state index contributed by atoms with van der Waals surface area (Å²) in [5, 5.41) is 5.44. The van der Waals surface area contributed by atoms with E-state index in [2.05, 4.69) is 15.3 Å². The maximum Gasteiger partial charge on any atom is 0.234 e. The number of fused-ring (bicyclic) bond motifs is 3. The highest BCUT2D eigenvalue weighted by Gasteiger charge is 2.22. The minimum Gasteiger partial charge on any atom is -0.495 e. The Hall–Kier alpha value is -1.83. The molecule has 5 nitrogen and oxygen atoms in total. The number of hydrogen-bond acceptors (Lipinski definition) is 6. The predicted molar refractivity (Wildman–Crippen MR) is 112 cm³/mol. The molecule has 4 rings (SSSR count). The molecule has 2 heterocycles. The van der Waals surface area contributed by atoms with E-state index in [4.69, 9.17) is 16.3 Å². The number of rotatable bonds is 5. The number of ether oxygens (including phenoxy) is 1. The third-order valence-electron chi connectivity index (χ3n) is 4.42. The molecule has 0 atom stereocenters. The van der Waals surface area contributed by atoms with Crippen LogP contribution in [0.2, 0.25) is 5.02 Å². The van der Waals surface area contributed by atoms with Crippen molar-refractivity contribution in [3.63, 3.8) is 0 Å². The van der Waals surface area contributed by atoms with E-state index in [9.17, 15) is 4.79 Å². The van der Waals surface area contributed by atoms with Crippen LogP contribution in [0.25, 0.3) is 10.2 Å². The molecule has 0 fully saturated rings. The Morgan fingerprint density at radius 1 is 1.37 bits per heavy atom. The lowest BCUT2D eigenvalue weighted by Crippen LogP contribution is -2.15. The van der Waals surface area contributed by atoms with Gasteiger partial charge < -0.3 is 10.1 Å². The monoisotopic (exact) mass is 419 g/mol. The van der Waals surface area contributed by atoms with Crippen molar-refractivity contribution >= 4 is 56.5 Å². The third-order valence-corrected chi connectivity index (χ3v) is 6.82. The molecule has 1 aliphatic carbocycles. The van der Waals surface area contributed by atoms with Crippen molar-refractivity contribution in [1.82, 2.24) is 9.97 Å². The molecular weight excluding hydrogens is 402 g/mol. The normalized spacial score (nSPS) is 13.0. The van der Waals surface area contributed by atoms with Gasteiger partial charge in [-0.05, 0) is 49.9 Å². The van der Waals surface area contributed by atoms with Crippen LogP contribution in [-0.4, -0.2) is 28.7 Å². The second-order valence-electron chi connectivity index (χ2n) is 6.29. The Labute approximate surface area is 170 Å². The number of hydrogen-bond donors (Lipinski definition) is 1. The molecule has 1 amide bonds. The van der Waals surface area contributed by atoms with Crippen LogP contribution in [0.4, 0.5) is 5.69 Å². The lowest BCUT2D eigenvalue weighted by molar-refractivity contribution is -0.113. The van der Waals surface area contributed by atoms with E-state index in [-0.39, 0.29) is 11.7 Å². The maximum atomic E-state index is 12.5. The molecule has 27 heavy (non-hydrogen) atoms. The van der Waals surface area contributed by atoms with Gasteiger partial charge in [0.05, 0.1) is 18.6 Å². The molecule has 8 heteroatoms. The first-order valence-corrected chi connectivity index (χ1v) is 10.8. The smallest absolute Gasteiger partial charge is 0.234 e. The summed E-state index contributed by atoms with van der Waals surface area (Å²) in [5.41, 5.74) is 1.94. The first-order chi connectivity index (χ1) is 13.0. The number of halogens is 1.